The monoisotopic (exact) mass is 142 g/mol. The molecule has 0 unspecified atom stereocenters. The lowest BCUT2D eigenvalue weighted by atomic mass is 10.2. The Morgan fingerprint density at radius 1 is 1.80 bits per heavy atom. The number of allylic oxidation sites excluding steroid dienone is 1. The minimum Gasteiger partial charge on any atom is -0.365 e. The molecule has 0 saturated carbocycles. The summed E-state index contributed by atoms with van der Waals surface area (Å²) in [6.45, 7) is -0.585. The van der Waals surface area contributed by atoms with Gasteiger partial charge in [0.05, 0.1) is 6.67 Å². The molecular formula is C6H7FN2O. The molecule has 0 saturated heterocycles. The van der Waals surface area contributed by atoms with E-state index in [2.05, 4.69) is 0 Å². The van der Waals surface area contributed by atoms with Crippen LogP contribution in [0.15, 0.2) is 11.6 Å². The first kappa shape index (κ1) is 8.63. The van der Waals surface area contributed by atoms with Gasteiger partial charge in [-0.2, -0.15) is 5.26 Å². The van der Waals surface area contributed by atoms with Gasteiger partial charge in [0.25, 0.3) is 5.91 Å². The highest BCUT2D eigenvalue weighted by atomic mass is 19.1. The van der Waals surface area contributed by atoms with Crippen molar-refractivity contribution in [3.8, 4) is 6.07 Å². The molecule has 0 aromatic heterocycles. The summed E-state index contributed by atoms with van der Waals surface area (Å²) in [5.74, 6) is -0.809. The third kappa shape index (κ3) is 2.82. The number of alkyl halides is 1. The van der Waals surface area contributed by atoms with E-state index >= 15 is 0 Å². The summed E-state index contributed by atoms with van der Waals surface area (Å²) >= 11 is 0. The summed E-state index contributed by atoms with van der Waals surface area (Å²) in [7, 11) is 0. The molecule has 0 aromatic rings. The van der Waals surface area contributed by atoms with Crippen molar-refractivity contribution in [3.05, 3.63) is 11.6 Å². The molecule has 0 rings (SSSR count). The molecule has 10 heavy (non-hydrogen) atoms. The minimum absolute atomic E-state index is 0.0613. The number of nitrogens with zero attached hydrogens (tertiary/aromatic N) is 1. The molecule has 2 N–H and O–H groups in total. The highest BCUT2D eigenvalue weighted by Gasteiger charge is 2.00. The number of amides is 1. The molecule has 0 aromatic carbocycles. The van der Waals surface area contributed by atoms with E-state index in [1.54, 1.807) is 6.07 Å². The van der Waals surface area contributed by atoms with Gasteiger partial charge in [0.2, 0.25) is 0 Å². The Kier molecular flexibility index (Phi) is 3.89. The van der Waals surface area contributed by atoms with Crippen molar-refractivity contribution in [3.63, 3.8) is 0 Å². The van der Waals surface area contributed by atoms with Gasteiger partial charge in [-0.15, -0.1) is 0 Å². The molecule has 0 radical (unpaired) electrons. The van der Waals surface area contributed by atoms with E-state index in [1.807, 2.05) is 0 Å². The summed E-state index contributed by atoms with van der Waals surface area (Å²) in [4.78, 5) is 10.2. The lowest BCUT2D eigenvalue weighted by Gasteiger charge is -1.87. The van der Waals surface area contributed by atoms with Crippen LogP contribution in [0.1, 0.15) is 6.42 Å². The topological polar surface area (TPSA) is 66.9 Å². The number of halogens is 1. The van der Waals surface area contributed by atoms with Gasteiger partial charge in [0, 0.05) is 0 Å². The number of nitrogens with two attached hydrogens (primary N) is 1. The van der Waals surface area contributed by atoms with Crippen molar-refractivity contribution >= 4 is 5.91 Å². The lowest BCUT2D eigenvalue weighted by molar-refractivity contribution is -0.114. The highest BCUT2D eigenvalue weighted by molar-refractivity contribution is 5.95. The Morgan fingerprint density at radius 3 is 2.70 bits per heavy atom. The summed E-state index contributed by atoms with van der Waals surface area (Å²) in [6.07, 6.45) is 1.24. The number of carbonyl (C=O) groups is 1. The van der Waals surface area contributed by atoms with E-state index < -0.39 is 12.6 Å². The number of hydrogen-bond acceptors (Lipinski definition) is 2. The molecule has 0 spiro atoms. The van der Waals surface area contributed by atoms with Crippen LogP contribution < -0.4 is 5.73 Å². The van der Waals surface area contributed by atoms with Gasteiger partial charge < -0.3 is 5.73 Å². The number of rotatable bonds is 3. The fourth-order valence-electron chi connectivity index (χ4n) is 0.400. The molecule has 0 aliphatic carbocycles. The molecular weight excluding hydrogens is 135 g/mol. The van der Waals surface area contributed by atoms with Crippen molar-refractivity contribution in [2.45, 2.75) is 6.42 Å². The van der Waals surface area contributed by atoms with E-state index in [9.17, 15) is 9.18 Å². The summed E-state index contributed by atoms with van der Waals surface area (Å²) < 4.78 is 11.4. The molecule has 0 heterocycles. The molecule has 1 amide bonds. The van der Waals surface area contributed by atoms with Crippen molar-refractivity contribution in [1.82, 2.24) is 0 Å². The highest BCUT2D eigenvalue weighted by Crippen LogP contribution is 1.93. The zero-order valence-corrected chi connectivity index (χ0v) is 5.30. The number of carbonyl (C=O) groups excluding carboxylic acids is 1. The van der Waals surface area contributed by atoms with Crippen LogP contribution in [0.5, 0.6) is 0 Å². The zero-order chi connectivity index (χ0) is 7.98. The van der Waals surface area contributed by atoms with E-state index in [-0.39, 0.29) is 12.0 Å². The van der Waals surface area contributed by atoms with Gasteiger partial charge in [0.15, 0.2) is 0 Å². The standard InChI is InChI=1S/C6H7FN2O/c7-3-1-2-5(4-8)6(9)10/h2H,1,3H2,(H2,9,10). The smallest absolute Gasteiger partial charge is 0.259 e. The molecule has 0 bridgehead atoms. The van der Waals surface area contributed by atoms with Crippen LogP contribution in [0, 0.1) is 11.3 Å². The van der Waals surface area contributed by atoms with Crippen LogP contribution in [-0.2, 0) is 4.79 Å². The van der Waals surface area contributed by atoms with Gasteiger partial charge in [-0.3, -0.25) is 9.18 Å². The van der Waals surface area contributed by atoms with E-state index in [4.69, 9.17) is 11.0 Å². The number of primary amides is 1. The Hall–Kier alpha value is -1.37. The van der Waals surface area contributed by atoms with Gasteiger partial charge in [0.1, 0.15) is 11.6 Å². The van der Waals surface area contributed by atoms with Crippen molar-refractivity contribution in [1.29, 1.82) is 5.26 Å². The van der Waals surface area contributed by atoms with Gasteiger partial charge >= 0.3 is 0 Å². The quantitative estimate of drug-likeness (QED) is 0.454. The zero-order valence-electron chi connectivity index (χ0n) is 5.30. The van der Waals surface area contributed by atoms with Gasteiger partial charge in [-0.25, -0.2) is 0 Å². The largest absolute Gasteiger partial charge is 0.365 e. The maximum Gasteiger partial charge on any atom is 0.259 e. The second-order valence-corrected chi connectivity index (χ2v) is 1.57. The molecule has 0 atom stereocenters. The molecule has 0 aliphatic heterocycles. The Labute approximate surface area is 57.9 Å². The predicted octanol–water partition coefficient (Wildman–Crippen LogP) is 0.281. The molecule has 3 nitrogen and oxygen atoms in total. The normalized spacial score (nSPS) is 10.6. The summed E-state index contributed by atoms with van der Waals surface area (Å²) in [5.41, 5.74) is 4.55. The minimum atomic E-state index is -0.809. The second kappa shape index (κ2) is 4.50. The average molecular weight is 142 g/mol. The van der Waals surface area contributed by atoms with Gasteiger partial charge in [-0.1, -0.05) is 6.08 Å². The molecule has 54 valence electrons. The van der Waals surface area contributed by atoms with Crippen LogP contribution in [0.4, 0.5) is 4.39 Å². The first-order chi connectivity index (χ1) is 4.72. The SMILES string of the molecule is N#CC(=CCCF)C(N)=O. The molecule has 0 aliphatic rings. The Bertz CT molecular complexity index is 192. The lowest BCUT2D eigenvalue weighted by Crippen LogP contribution is -2.12. The Morgan fingerprint density at radius 2 is 2.40 bits per heavy atom. The fourth-order valence-corrected chi connectivity index (χ4v) is 0.400. The predicted molar refractivity (Wildman–Crippen MR) is 33.5 cm³/mol. The van der Waals surface area contributed by atoms with Crippen molar-refractivity contribution < 1.29 is 9.18 Å². The van der Waals surface area contributed by atoms with E-state index in [0.29, 0.717) is 0 Å². The van der Waals surface area contributed by atoms with Crippen molar-refractivity contribution in [2.24, 2.45) is 5.73 Å². The van der Waals surface area contributed by atoms with Crippen LogP contribution >= 0.6 is 0 Å². The fraction of sp³-hybridized carbons (Fsp3) is 0.333. The maximum absolute atomic E-state index is 11.4. The van der Waals surface area contributed by atoms with E-state index in [0.717, 1.165) is 0 Å². The maximum atomic E-state index is 11.4. The average Bonchev–Trinajstić information content (AvgIpc) is 1.89. The summed E-state index contributed by atoms with van der Waals surface area (Å²) in [5, 5.41) is 8.18. The molecule has 4 heteroatoms. The Balaban J connectivity index is 4.09. The van der Waals surface area contributed by atoms with Crippen molar-refractivity contribution in [2.75, 3.05) is 6.67 Å². The third-order valence-electron chi connectivity index (χ3n) is 0.843. The first-order valence-electron chi connectivity index (χ1n) is 2.68. The third-order valence-corrected chi connectivity index (χ3v) is 0.843. The van der Waals surface area contributed by atoms with E-state index in [1.165, 1.54) is 6.08 Å². The number of hydrogen-bond donors (Lipinski definition) is 1. The number of nitriles is 1. The van der Waals surface area contributed by atoms with Crippen LogP contribution in [0.2, 0.25) is 0 Å². The van der Waals surface area contributed by atoms with Gasteiger partial charge in [-0.05, 0) is 6.42 Å². The second-order valence-electron chi connectivity index (χ2n) is 1.57. The first-order valence-corrected chi connectivity index (χ1v) is 2.68. The van der Waals surface area contributed by atoms with Crippen LogP contribution in [0.25, 0.3) is 0 Å². The summed E-state index contributed by atoms with van der Waals surface area (Å²) in [6, 6.07) is 1.56. The van der Waals surface area contributed by atoms with Crippen LogP contribution in [-0.4, -0.2) is 12.6 Å². The molecule has 0 fully saturated rings. The van der Waals surface area contributed by atoms with Crippen LogP contribution in [0.3, 0.4) is 0 Å².